The van der Waals surface area contributed by atoms with Crippen molar-refractivity contribution in [2.75, 3.05) is 25.8 Å². The van der Waals surface area contributed by atoms with Crippen LogP contribution in [0.25, 0.3) is 5.69 Å². The molecule has 2 atom stereocenters. The molecule has 9 heteroatoms. The molecule has 3 rings (SSSR count). The number of aliphatic carboxylic acids is 1. The number of para-hydroxylation sites is 1. The summed E-state index contributed by atoms with van der Waals surface area (Å²) in [6.07, 6.45) is 4.84. The number of rotatable bonds is 8. The second-order valence-corrected chi connectivity index (χ2v) is 10.0. The molecule has 1 aliphatic heterocycles. The lowest BCUT2D eigenvalue weighted by Crippen LogP contribution is -2.54. The number of carboxylic acids is 1. The molecule has 1 fully saturated rings. The summed E-state index contributed by atoms with van der Waals surface area (Å²) in [6, 6.07) is 9.62. The summed E-state index contributed by atoms with van der Waals surface area (Å²) < 4.78 is 14.6. The molecule has 1 aromatic carbocycles. The zero-order valence-corrected chi connectivity index (χ0v) is 16.7. The summed E-state index contributed by atoms with van der Waals surface area (Å²) in [7, 11) is -3.83. The first-order valence-electron chi connectivity index (χ1n) is 9.45. The third kappa shape index (κ3) is 4.05. The molecule has 0 spiro atoms. The summed E-state index contributed by atoms with van der Waals surface area (Å²) in [5.74, 6) is -1.19. The molecule has 8 nitrogen and oxygen atoms in total. The molecule has 1 aromatic heterocycles. The number of nitrogens with two attached hydrogens (primary N) is 1. The summed E-state index contributed by atoms with van der Waals surface area (Å²) in [4.78, 5) is 24.6. The van der Waals surface area contributed by atoms with Crippen molar-refractivity contribution in [2.45, 2.75) is 31.0 Å². The van der Waals surface area contributed by atoms with Gasteiger partial charge in [-0.05, 0) is 37.1 Å². The minimum atomic E-state index is -3.83. The Bertz CT molecular complexity index is 857. The van der Waals surface area contributed by atoms with Gasteiger partial charge in [-0.25, -0.2) is 4.68 Å². The van der Waals surface area contributed by atoms with Crippen molar-refractivity contribution in [2.24, 2.45) is 5.73 Å². The van der Waals surface area contributed by atoms with E-state index in [0.29, 0.717) is 32.5 Å². The quantitative estimate of drug-likeness (QED) is 0.452. The van der Waals surface area contributed by atoms with Crippen LogP contribution in [0.2, 0.25) is 0 Å². The van der Waals surface area contributed by atoms with Crippen LogP contribution in [0.4, 0.5) is 0 Å². The SMILES string of the molecule is NCCCCC1(C(=O)O)CN(Cc2ccccc2-n2cccn2)CCP1(=O)O. The minimum absolute atomic E-state index is 0.0220. The highest BCUT2D eigenvalue weighted by atomic mass is 31.2. The number of aromatic nitrogens is 2. The number of benzene rings is 1. The van der Waals surface area contributed by atoms with Gasteiger partial charge in [0.05, 0.1) is 5.69 Å². The van der Waals surface area contributed by atoms with E-state index in [1.165, 1.54) is 0 Å². The lowest BCUT2D eigenvalue weighted by Gasteiger charge is -2.43. The summed E-state index contributed by atoms with van der Waals surface area (Å²) in [6.45, 7) is 1.36. The molecule has 1 aliphatic rings. The van der Waals surface area contributed by atoms with Crippen LogP contribution in [0.15, 0.2) is 42.7 Å². The van der Waals surface area contributed by atoms with E-state index in [1.807, 2.05) is 41.4 Å². The lowest BCUT2D eigenvalue weighted by atomic mass is 9.99. The fraction of sp³-hybridized carbons (Fsp3) is 0.474. The van der Waals surface area contributed by atoms with Gasteiger partial charge >= 0.3 is 5.97 Å². The highest BCUT2D eigenvalue weighted by Crippen LogP contribution is 2.59. The molecule has 0 bridgehead atoms. The van der Waals surface area contributed by atoms with E-state index in [2.05, 4.69) is 5.10 Å². The maximum atomic E-state index is 12.9. The molecule has 152 valence electrons. The summed E-state index contributed by atoms with van der Waals surface area (Å²) in [5, 5.41) is 12.5. The van der Waals surface area contributed by atoms with Crippen LogP contribution < -0.4 is 5.73 Å². The predicted molar refractivity (Wildman–Crippen MR) is 107 cm³/mol. The van der Waals surface area contributed by atoms with Gasteiger partial charge in [0.1, 0.15) is 0 Å². The van der Waals surface area contributed by atoms with Crippen LogP contribution in [-0.2, 0) is 15.9 Å². The van der Waals surface area contributed by atoms with Crippen molar-refractivity contribution in [3.63, 3.8) is 0 Å². The van der Waals surface area contributed by atoms with Crippen molar-refractivity contribution >= 4 is 13.3 Å². The van der Waals surface area contributed by atoms with Gasteiger partial charge < -0.3 is 15.7 Å². The Hall–Kier alpha value is -1.99. The van der Waals surface area contributed by atoms with Gasteiger partial charge in [-0.2, -0.15) is 5.10 Å². The average Bonchev–Trinajstić information content (AvgIpc) is 3.19. The molecule has 4 N–H and O–H groups in total. The third-order valence-corrected chi connectivity index (χ3v) is 8.15. The van der Waals surface area contributed by atoms with E-state index in [4.69, 9.17) is 5.73 Å². The molecular formula is C19H27N4O4P. The third-order valence-electron chi connectivity index (χ3n) is 5.45. The normalized spacial score (nSPS) is 25.6. The van der Waals surface area contributed by atoms with E-state index in [1.54, 1.807) is 10.9 Å². The first-order chi connectivity index (χ1) is 13.4. The predicted octanol–water partition coefficient (Wildman–Crippen LogP) is 1.91. The van der Waals surface area contributed by atoms with Crippen molar-refractivity contribution in [3.05, 3.63) is 48.3 Å². The van der Waals surface area contributed by atoms with E-state index in [0.717, 1.165) is 11.3 Å². The van der Waals surface area contributed by atoms with Crippen molar-refractivity contribution in [1.29, 1.82) is 0 Å². The Morgan fingerprint density at radius 3 is 2.75 bits per heavy atom. The molecule has 0 radical (unpaired) electrons. The number of carbonyl (C=O) groups is 1. The first-order valence-corrected chi connectivity index (χ1v) is 11.3. The van der Waals surface area contributed by atoms with Gasteiger partial charge in [0.15, 0.2) is 5.16 Å². The van der Waals surface area contributed by atoms with Gasteiger partial charge in [-0.1, -0.05) is 24.6 Å². The molecular weight excluding hydrogens is 379 g/mol. The molecule has 0 saturated carbocycles. The number of carboxylic acid groups (broad SMARTS) is 1. The second-order valence-electron chi connectivity index (χ2n) is 7.30. The molecule has 0 aliphatic carbocycles. The zero-order valence-electron chi connectivity index (χ0n) is 15.8. The highest BCUT2D eigenvalue weighted by Gasteiger charge is 2.56. The van der Waals surface area contributed by atoms with E-state index < -0.39 is 18.5 Å². The van der Waals surface area contributed by atoms with E-state index in [-0.39, 0.29) is 19.1 Å². The Labute approximate surface area is 164 Å². The van der Waals surface area contributed by atoms with Gasteiger partial charge in [0.2, 0.25) is 7.37 Å². The van der Waals surface area contributed by atoms with E-state index >= 15 is 0 Å². The zero-order chi connectivity index (χ0) is 20.2. The van der Waals surface area contributed by atoms with Gasteiger partial charge in [0, 0.05) is 38.2 Å². The molecule has 0 amide bonds. The molecule has 2 aromatic rings. The summed E-state index contributed by atoms with van der Waals surface area (Å²) in [5.41, 5.74) is 7.43. The Kier molecular flexibility index (Phi) is 6.35. The molecule has 1 saturated heterocycles. The van der Waals surface area contributed by atoms with Crippen molar-refractivity contribution in [1.82, 2.24) is 14.7 Å². The fourth-order valence-electron chi connectivity index (χ4n) is 3.85. The lowest BCUT2D eigenvalue weighted by molar-refractivity contribution is -0.141. The fourth-order valence-corrected chi connectivity index (χ4v) is 6.05. The highest BCUT2D eigenvalue weighted by molar-refractivity contribution is 7.61. The Morgan fingerprint density at radius 1 is 1.29 bits per heavy atom. The second kappa shape index (κ2) is 8.57. The van der Waals surface area contributed by atoms with Crippen LogP contribution >= 0.6 is 7.37 Å². The van der Waals surface area contributed by atoms with Crippen LogP contribution in [0, 0.1) is 0 Å². The van der Waals surface area contributed by atoms with Crippen molar-refractivity contribution < 1.29 is 19.4 Å². The van der Waals surface area contributed by atoms with Gasteiger partial charge in [0.25, 0.3) is 0 Å². The van der Waals surface area contributed by atoms with Crippen LogP contribution in [0.3, 0.4) is 0 Å². The number of hydrogen-bond donors (Lipinski definition) is 3. The molecule has 2 unspecified atom stereocenters. The monoisotopic (exact) mass is 406 g/mol. The van der Waals surface area contributed by atoms with Gasteiger partial charge in [-0.15, -0.1) is 0 Å². The molecule has 28 heavy (non-hydrogen) atoms. The first kappa shape index (κ1) is 20.7. The average molecular weight is 406 g/mol. The minimum Gasteiger partial charge on any atom is -0.480 e. The largest absolute Gasteiger partial charge is 0.480 e. The van der Waals surface area contributed by atoms with Gasteiger partial charge in [-0.3, -0.25) is 14.3 Å². The maximum absolute atomic E-state index is 12.9. The van der Waals surface area contributed by atoms with E-state index in [9.17, 15) is 19.4 Å². The Balaban J connectivity index is 1.85. The smallest absolute Gasteiger partial charge is 0.320 e. The maximum Gasteiger partial charge on any atom is 0.320 e. The van der Waals surface area contributed by atoms with Crippen molar-refractivity contribution in [3.8, 4) is 5.69 Å². The molecule has 2 heterocycles. The number of unbranched alkanes of at least 4 members (excludes halogenated alkanes) is 1. The van der Waals surface area contributed by atoms with Crippen LogP contribution in [0.5, 0.6) is 0 Å². The summed E-state index contributed by atoms with van der Waals surface area (Å²) >= 11 is 0. The number of nitrogens with zero attached hydrogens (tertiary/aromatic N) is 3. The Morgan fingerprint density at radius 2 is 2.07 bits per heavy atom. The number of hydrogen-bond acceptors (Lipinski definition) is 5. The standard InChI is InChI=1S/C19H27N4O4P/c20-9-4-3-8-19(18(24)25)15-22(12-13-28(19,26)27)14-16-6-1-2-7-17(16)23-11-5-10-21-23/h1-2,5-7,10-11H,3-4,8-9,12-15,20H2,(H,24,25)(H,26,27). The topological polar surface area (TPSA) is 122 Å². The van der Waals surface area contributed by atoms with Crippen LogP contribution in [-0.4, -0.2) is 61.6 Å². The van der Waals surface area contributed by atoms with Crippen LogP contribution in [0.1, 0.15) is 24.8 Å².